The third-order valence-electron chi connectivity index (χ3n) is 3.41. The summed E-state index contributed by atoms with van der Waals surface area (Å²) in [6.07, 6.45) is 0. The third-order valence-corrected chi connectivity index (χ3v) is 5.34. The van der Waals surface area contributed by atoms with Crippen LogP contribution in [0.5, 0.6) is 0 Å². The summed E-state index contributed by atoms with van der Waals surface area (Å²) in [4.78, 5) is 24.1. The molecule has 0 aliphatic rings. The maximum Gasteiger partial charge on any atom is 0.308 e. The van der Waals surface area contributed by atoms with E-state index in [1.165, 1.54) is 25.8 Å². The van der Waals surface area contributed by atoms with E-state index in [9.17, 15) is 22.4 Å². The van der Waals surface area contributed by atoms with Crippen molar-refractivity contribution in [3.05, 3.63) is 30.1 Å². The van der Waals surface area contributed by atoms with E-state index in [2.05, 4.69) is 0 Å². The number of aliphatic carboxylic acids is 1. The van der Waals surface area contributed by atoms with Crippen LogP contribution in [0.2, 0.25) is 0 Å². The molecule has 0 aliphatic heterocycles. The van der Waals surface area contributed by atoms with Gasteiger partial charge in [0.15, 0.2) is 9.84 Å². The molecule has 0 saturated carbocycles. The van der Waals surface area contributed by atoms with Crippen LogP contribution in [0.4, 0.5) is 4.39 Å². The van der Waals surface area contributed by atoms with Crippen molar-refractivity contribution < 1.29 is 27.5 Å². The molecule has 0 radical (unpaired) electrons. The Kier molecular flexibility index (Phi) is 6.26. The van der Waals surface area contributed by atoms with Gasteiger partial charge in [0.2, 0.25) is 5.91 Å². The predicted molar refractivity (Wildman–Crippen MR) is 82.1 cm³/mol. The van der Waals surface area contributed by atoms with Crippen molar-refractivity contribution in [1.29, 1.82) is 0 Å². The Morgan fingerprint density at radius 3 is 2.17 bits per heavy atom. The molecule has 0 aromatic heterocycles. The predicted octanol–water partition coefficient (Wildman–Crippen LogP) is 1.41. The molecule has 1 aromatic carbocycles. The fourth-order valence-corrected chi connectivity index (χ4v) is 3.64. The number of hydrogen-bond donors (Lipinski definition) is 1. The summed E-state index contributed by atoms with van der Waals surface area (Å²) in [5.41, 5.74) is 0. The van der Waals surface area contributed by atoms with Gasteiger partial charge in [-0.05, 0) is 24.3 Å². The molecule has 0 aliphatic carbocycles. The molecule has 0 bridgehead atoms. The second kappa shape index (κ2) is 7.54. The fourth-order valence-electron chi connectivity index (χ4n) is 2.09. The molecule has 6 nitrogen and oxygen atoms in total. The van der Waals surface area contributed by atoms with E-state index in [4.69, 9.17) is 5.11 Å². The monoisotopic (exact) mass is 345 g/mol. The van der Waals surface area contributed by atoms with E-state index in [0.717, 1.165) is 24.3 Å². The first-order valence-corrected chi connectivity index (χ1v) is 8.66. The Morgan fingerprint density at radius 1 is 1.17 bits per heavy atom. The highest BCUT2D eigenvalue weighted by Crippen LogP contribution is 2.16. The van der Waals surface area contributed by atoms with Crippen LogP contribution in [0.25, 0.3) is 0 Å². The van der Waals surface area contributed by atoms with E-state index in [-0.39, 0.29) is 11.4 Å². The van der Waals surface area contributed by atoms with Crippen LogP contribution in [0, 0.1) is 17.7 Å². The van der Waals surface area contributed by atoms with Gasteiger partial charge in [-0.15, -0.1) is 0 Å². The van der Waals surface area contributed by atoms with Gasteiger partial charge in [-0.25, -0.2) is 12.8 Å². The van der Waals surface area contributed by atoms with Crippen LogP contribution in [0.3, 0.4) is 0 Å². The lowest BCUT2D eigenvalue weighted by Gasteiger charge is -2.23. The van der Waals surface area contributed by atoms with Crippen LogP contribution < -0.4 is 0 Å². The number of carboxylic acid groups (broad SMARTS) is 1. The minimum atomic E-state index is -3.73. The van der Waals surface area contributed by atoms with Crippen molar-refractivity contribution in [3.8, 4) is 0 Å². The minimum Gasteiger partial charge on any atom is -0.481 e. The van der Waals surface area contributed by atoms with Crippen molar-refractivity contribution >= 4 is 21.7 Å². The summed E-state index contributed by atoms with van der Waals surface area (Å²) in [6.45, 7) is 2.92. The number of carboxylic acids is 1. The Morgan fingerprint density at radius 2 is 1.70 bits per heavy atom. The lowest BCUT2D eigenvalue weighted by atomic mass is 10.1. The molecule has 8 heteroatoms. The fraction of sp³-hybridized carbons (Fsp3) is 0.467. The highest BCUT2D eigenvalue weighted by molar-refractivity contribution is 7.91. The normalized spacial score (nSPS) is 14.1. The molecule has 128 valence electrons. The SMILES string of the molecule is CC(CN(C)C(=O)C(C)CS(=O)(=O)c1ccc(F)cc1)C(=O)O. The molecule has 0 fully saturated rings. The molecule has 1 aromatic rings. The molecule has 1 N–H and O–H groups in total. The van der Waals surface area contributed by atoms with Gasteiger partial charge >= 0.3 is 5.97 Å². The topological polar surface area (TPSA) is 91.8 Å². The number of halogens is 1. The summed E-state index contributed by atoms with van der Waals surface area (Å²) in [5, 5.41) is 8.84. The van der Waals surface area contributed by atoms with Crippen molar-refractivity contribution in [2.45, 2.75) is 18.7 Å². The Balaban J connectivity index is 2.77. The second-order valence-electron chi connectivity index (χ2n) is 5.59. The number of nitrogens with zero attached hydrogens (tertiary/aromatic N) is 1. The van der Waals surface area contributed by atoms with Gasteiger partial charge in [-0.1, -0.05) is 13.8 Å². The molecule has 0 saturated heterocycles. The summed E-state index contributed by atoms with van der Waals surface area (Å²) in [6, 6.07) is 4.39. The first-order valence-electron chi connectivity index (χ1n) is 7.00. The van der Waals surface area contributed by atoms with E-state index in [1.807, 2.05) is 0 Å². The Labute approximate surface area is 134 Å². The van der Waals surface area contributed by atoms with E-state index in [1.54, 1.807) is 0 Å². The molecule has 0 spiro atoms. The smallest absolute Gasteiger partial charge is 0.308 e. The number of carbonyl (C=O) groups excluding carboxylic acids is 1. The highest BCUT2D eigenvalue weighted by atomic mass is 32.2. The van der Waals surface area contributed by atoms with Crippen LogP contribution in [-0.2, 0) is 19.4 Å². The number of hydrogen-bond acceptors (Lipinski definition) is 4. The number of amides is 1. The first kappa shape index (κ1) is 19.1. The van der Waals surface area contributed by atoms with Gasteiger partial charge in [0.25, 0.3) is 0 Å². The third kappa shape index (κ3) is 5.31. The highest BCUT2D eigenvalue weighted by Gasteiger charge is 2.27. The lowest BCUT2D eigenvalue weighted by Crippen LogP contribution is -2.38. The average Bonchev–Trinajstić information content (AvgIpc) is 2.46. The largest absolute Gasteiger partial charge is 0.481 e. The van der Waals surface area contributed by atoms with Crippen molar-refractivity contribution in [1.82, 2.24) is 4.90 Å². The zero-order chi connectivity index (χ0) is 17.8. The van der Waals surface area contributed by atoms with Crippen LogP contribution >= 0.6 is 0 Å². The van der Waals surface area contributed by atoms with Gasteiger partial charge in [0.05, 0.1) is 16.6 Å². The maximum absolute atomic E-state index is 12.9. The van der Waals surface area contributed by atoms with Crippen LogP contribution in [-0.4, -0.2) is 49.6 Å². The zero-order valence-corrected chi connectivity index (χ0v) is 14.0. The minimum absolute atomic E-state index is 0.00486. The molecule has 0 heterocycles. The molecule has 1 rings (SSSR count). The standard InChI is InChI=1S/C15H20FNO5S/c1-10(15(19)20)8-17(3)14(18)11(2)9-23(21,22)13-6-4-12(16)5-7-13/h4-7,10-11H,8-9H2,1-3H3,(H,19,20). The summed E-state index contributed by atoms with van der Waals surface area (Å²) in [7, 11) is -2.30. The van der Waals surface area contributed by atoms with Crippen molar-refractivity contribution in [2.75, 3.05) is 19.3 Å². The number of sulfone groups is 1. The van der Waals surface area contributed by atoms with E-state index in [0.29, 0.717) is 0 Å². The molecule has 1 amide bonds. The van der Waals surface area contributed by atoms with Crippen molar-refractivity contribution in [2.24, 2.45) is 11.8 Å². The quantitative estimate of drug-likeness (QED) is 0.755. The summed E-state index contributed by atoms with van der Waals surface area (Å²) < 4.78 is 37.3. The van der Waals surface area contributed by atoms with Gasteiger partial charge in [-0.2, -0.15) is 0 Å². The Bertz CT molecular complexity index is 672. The maximum atomic E-state index is 12.9. The molecular weight excluding hydrogens is 325 g/mol. The molecule has 23 heavy (non-hydrogen) atoms. The van der Waals surface area contributed by atoms with Gasteiger partial charge in [-0.3, -0.25) is 9.59 Å². The van der Waals surface area contributed by atoms with Gasteiger partial charge in [0.1, 0.15) is 5.82 Å². The zero-order valence-electron chi connectivity index (χ0n) is 13.2. The van der Waals surface area contributed by atoms with E-state index < -0.39 is 45.1 Å². The van der Waals surface area contributed by atoms with Crippen LogP contribution in [0.15, 0.2) is 29.2 Å². The number of carbonyl (C=O) groups is 2. The number of benzene rings is 1. The summed E-state index contributed by atoms with van der Waals surface area (Å²) >= 11 is 0. The molecule has 2 atom stereocenters. The van der Waals surface area contributed by atoms with Crippen LogP contribution in [0.1, 0.15) is 13.8 Å². The van der Waals surface area contributed by atoms with Gasteiger partial charge in [0, 0.05) is 19.5 Å². The molecular formula is C15H20FNO5S. The summed E-state index contributed by atoms with van der Waals surface area (Å²) in [5.74, 6) is -4.04. The Hall–Kier alpha value is -1.96. The first-order chi connectivity index (χ1) is 10.5. The number of rotatable bonds is 7. The van der Waals surface area contributed by atoms with Gasteiger partial charge < -0.3 is 10.0 Å². The van der Waals surface area contributed by atoms with E-state index >= 15 is 0 Å². The lowest BCUT2D eigenvalue weighted by molar-refractivity contribution is -0.143. The average molecular weight is 345 g/mol. The second-order valence-corrected chi connectivity index (χ2v) is 7.63. The van der Waals surface area contributed by atoms with Crippen molar-refractivity contribution in [3.63, 3.8) is 0 Å². The molecule has 2 unspecified atom stereocenters.